The molecule has 1 N–H and O–H groups in total. The molecule has 1 fully saturated rings. The van der Waals surface area contributed by atoms with E-state index in [9.17, 15) is 13.2 Å². The number of thiophene rings is 1. The van der Waals surface area contributed by atoms with E-state index >= 15 is 0 Å². The monoisotopic (exact) mass is 383 g/mol. The molecule has 1 heterocycles. The van der Waals surface area contributed by atoms with E-state index in [0.29, 0.717) is 25.8 Å². The smallest absolute Gasteiger partial charge is 0.314 e. The third kappa shape index (κ3) is 4.70. The van der Waals surface area contributed by atoms with Crippen molar-refractivity contribution >= 4 is 27.3 Å². The molecule has 1 saturated carbocycles. The highest BCUT2D eigenvalue weighted by Gasteiger charge is 2.47. The highest BCUT2D eigenvalue weighted by molar-refractivity contribution is 9.10. The van der Waals surface area contributed by atoms with Crippen molar-refractivity contribution in [2.45, 2.75) is 51.2 Å². The predicted molar refractivity (Wildman–Crippen MR) is 84.7 cm³/mol. The topological polar surface area (TPSA) is 12.0 Å². The van der Waals surface area contributed by atoms with Gasteiger partial charge in [0.1, 0.15) is 0 Å². The van der Waals surface area contributed by atoms with Gasteiger partial charge in [-0.1, -0.05) is 19.8 Å². The Morgan fingerprint density at radius 1 is 1.38 bits per heavy atom. The molecule has 120 valence electrons. The number of hydrogen-bond acceptors (Lipinski definition) is 2. The second-order valence-corrected chi connectivity index (χ2v) is 7.61. The lowest BCUT2D eigenvalue weighted by Crippen LogP contribution is -2.46. The van der Waals surface area contributed by atoms with Crippen LogP contribution in [-0.2, 0) is 6.42 Å². The van der Waals surface area contributed by atoms with Crippen molar-refractivity contribution in [2.24, 2.45) is 11.8 Å². The third-order valence-corrected chi connectivity index (χ3v) is 5.99. The zero-order valence-electron chi connectivity index (χ0n) is 12.0. The van der Waals surface area contributed by atoms with Gasteiger partial charge in [0.15, 0.2) is 0 Å². The SMILES string of the molecule is CCNC(Cc1cc(Br)cs1)C1CCCCC1C(F)(F)F. The molecule has 1 nitrogen and oxygen atoms in total. The van der Waals surface area contributed by atoms with Gasteiger partial charge in [0.05, 0.1) is 5.92 Å². The first-order valence-corrected chi connectivity index (χ1v) is 9.12. The molecule has 3 atom stereocenters. The fourth-order valence-electron chi connectivity index (χ4n) is 3.36. The van der Waals surface area contributed by atoms with Gasteiger partial charge < -0.3 is 5.32 Å². The molecule has 0 amide bonds. The van der Waals surface area contributed by atoms with Crippen LogP contribution in [0.4, 0.5) is 13.2 Å². The summed E-state index contributed by atoms with van der Waals surface area (Å²) in [7, 11) is 0. The van der Waals surface area contributed by atoms with E-state index in [1.54, 1.807) is 11.3 Å². The fraction of sp³-hybridized carbons (Fsp3) is 0.733. The molecular formula is C15H21BrF3NS. The predicted octanol–water partition coefficient (Wildman–Crippen LogP) is 5.40. The molecule has 0 saturated heterocycles. The van der Waals surface area contributed by atoms with E-state index in [2.05, 4.69) is 21.2 Å². The molecule has 6 heteroatoms. The van der Waals surface area contributed by atoms with Crippen LogP contribution in [0, 0.1) is 11.8 Å². The second kappa shape index (κ2) is 7.47. The molecule has 0 radical (unpaired) electrons. The Hall–Kier alpha value is -0.0700. The Labute approximate surface area is 136 Å². The molecule has 0 aliphatic heterocycles. The number of rotatable bonds is 5. The van der Waals surface area contributed by atoms with Gasteiger partial charge in [-0.15, -0.1) is 11.3 Å². The Kier molecular flexibility index (Phi) is 6.15. The van der Waals surface area contributed by atoms with Gasteiger partial charge in [-0.3, -0.25) is 0 Å². The fourth-order valence-corrected chi connectivity index (χ4v) is 4.87. The Morgan fingerprint density at radius 3 is 2.67 bits per heavy atom. The van der Waals surface area contributed by atoms with E-state index in [1.165, 1.54) is 0 Å². The third-order valence-electron chi connectivity index (χ3n) is 4.27. The Morgan fingerprint density at radius 2 is 2.10 bits per heavy atom. The van der Waals surface area contributed by atoms with Crippen LogP contribution in [0.1, 0.15) is 37.5 Å². The quantitative estimate of drug-likeness (QED) is 0.717. The molecule has 1 aliphatic carbocycles. The molecule has 1 aromatic heterocycles. The first-order chi connectivity index (χ1) is 9.91. The van der Waals surface area contributed by atoms with Gasteiger partial charge in [-0.25, -0.2) is 0 Å². The average Bonchev–Trinajstić information content (AvgIpc) is 2.83. The summed E-state index contributed by atoms with van der Waals surface area (Å²) in [5.41, 5.74) is 0. The van der Waals surface area contributed by atoms with Crippen LogP contribution in [0.15, 0.2) is 15.9 Å². The van der Waals surface area contributed by atoms with Gasteiger partial charge in [0, 0.05) is 20.8 Å². The van der Waals surface area contributed by atoms with Gasteiger partial charge in [0.2, 0.25) is 0 Å². The van der Waals surface area contributed by atoms with Crippen molar-refractivity contribution in [3.8, 4) is 0 Å². The van der Waals surface area contributed by atoms with E-state index < -0.39 is 12.1 Å². The minimum atomic E-state index is -4.07. The maximum Gasteiger partial charge on any atom is 0.392 e. The average molecular weight is 384 g/mol. The molecule has 0 spiro atoms. The highest BCUT2D eigenvalue weighted by atomic mass is 79.9. The highest BCUT2D eigenvalue weighted by Crippen LogP contribution is 2.43. The zero-order valence-corrected chi connectivity index (χ0v) is 14.5. The summed E-state index contributed by atoms with van der Waals surface area (Å²) in [4.78, 5) is 1.14. The van der Waals surface area contributed by atoms with E-state index in [-0.39, 0.29) is 18.4 Å². The van der Waals surface area contributed by atoms with Gasteiger partial charge in [0.25, 0.3) is 0 Å². The summed E-state index contributed by atoms with van der Waals surface area (Å²) in [6.45, 7) is 2.67. The molecule has 3 unspecified atom stereocenters. The van der Waals surface area contributed by atoms with Crippen molar-refractivity contribution in [1.29, 1.82) is 0 Å². The number of alkyl halides is 3. The molecular weight excluding hydrogens is 363 g/mol. The molecule has 0 aromatic carbocycles. The number of nitrogens with one attached hydrogen (secondary N) is 1. The van der Waals surface area contributed by atoms with Crippen LogP contribution in [-0.4, -0.2) is 18.8 Å². The largest absolute Gasteiger partial charge is 0.392 e. The molecule has 1 aliphatic rings. The Balaban J connectivity index is 2.14. The van der Waals surface area contributed by atoms with Crippen LogP contribution in [0.2, 0.25) is 0 Å². The lowest BCUT2D eigenvalue weighted by atomic mass is 9.74. The summed E-state index contributed by atoms with van der Waals surface area (Å²) in [5, 5.41) is 5.29. The summed E-state index contributed by atoms with van der Waals surface area (Å²) in [6, 6.07) is 1.92. The number of hydrogen-bond donors (Lipinski definition) is 1. The number of halogens is 4. The van der Waals surface area contributed by atoms with Crippen LogP contribution < -0.4 is 5.32 Å². The van der Waals surface area contributed by atoms with Crippen molar-refractivity contribution in [1.82, 2.24) is 5.32 Å². The van der Waals surface area contributed by atoms with Crippen molar-refractivity contribution < 1.29 is 13.2 Å². The standard InChI is InChI=1S/C15H21BrF3NS/c1-2-20-14(8-11-7-10(16)9-21-11)12-5-3-4-6-13(12)15(17,18)19/h7,9,12-14,20H,2-6,8H2,1H3. The summed E-state index contributed by atoms with van der Waals surface area (Å²) < 4.78 is 40.9. The summed E-state index contributed by atoms with van der Waals surface area (Å²) in [6.07, 6.45) is -0.827. The molecule has 2 rings (SSSR count). The zero-order chi connectivity index (χ0) is 15.5. The van der Waals surface area contributed by atoms with Crippen LogP contribution in [0.3, 0.4) is 0 Å². The van der Waals surface area contributed by atoms with E-state index in [1.807, 2.05) is 18.4 Å². The first kappa shape index (κ1) is 17.3. The van der Waals surface area contributed by atoms with Crippen molar-refractivity contribution in [2.75, 3.05) is 6.54 Å². The van der Waals surface area contributed by atoms with Crippen LogP contribution >= 0.6 is 27.3 Å². The molecule has 0 bridgehead atoms. The first-order valence-electron chi connectivity index (χ1n) is 7.44. The Bertz CT molecular complexity index is 446. The van der Waals surface area contributed by atoms with Crippen molar-refractivity contribution in [3.05, 3.63) is 20.8 Å². The molecule has 1 aromatic rings. The number of likely N-dealkylation sites (N-methyl/N-ethyl adjacent to an activating group) is 1. The maximum atomic E-state index is 13.3. The lowest BCUT2D eigenvalue weighted by molar-refractivity contribution is -0.199. The van der Waals surface area contributed by atoms with E-state index in [4.69, 9.17) is 0 Å². The minimum absolute atomic E-state index is 0.0903. The maximum absolute atomic E-state index is 13.3. The molecule has 21 heavy (non-hydrogen) atoms. The normalized spacial score (nSPS) is 25.0. The summed E-state index contributed by atoms with van der Waals surface area (Å²) in [5.74, 6) is -1.46. The van der Waals surface area contributed by atoms with Crippen LogP contribution in [0.25, 0.3) is 0 Å². The van der Waals surface area contributed by atoms with Gasteiger partial charge in [-0.05, 0) is 53.7 Å². The van der Waals surface area contributed by atoms with Crippen molar-refractivity contribution in [3.63, 3.8) is 0 Å². The van der Waals surface area contributed by atoms with Gasteiger partial charge in [-0.2, -0.15) is 13.2 Å². The lowest BCUT2D eigenvalue weighted by Gasteiger charge is -2.38. The minimum Gasteiger partial charge on any atom is -0.314 e. The van der Waals surface area contributed by atoms with Gasteiger partial charge >= 0.3 is 6.18 Å². The van der Waals surface area contributed by atoms with Crippen LogP contribution in [0.5, 0.6) is 0 Å². The van der Waals surface area contributed by atoms with E-state index in [0.717, 1.165) is 15.8 Å². The summed E-state index contributed by atoms with van der Waals surface area (Å²) >= 11 is 5.02. The second-order valence-electron chi connectivity index (χ2n) is 5.70.